The molecule has 0 unspecified atom stereocenters. The van der Waals surface area contributed by atoms with Gasteiger partial charge in [-0.25, -0.2) is 0 Å². The molecule has 0 heterocycles. The van der Waals surface area contributed by atoms with Gasteiger partial charge in [-0.3, -0.25) is 0 Å². The van der Waals surface area contributed by atoms with Crippen molar-refractivity contribution in [2.45, 2.75) is 203 Å². The monoisotopic (exact) mass is 1610 g/mol. The van der Waals surface area contributed by atoms with Crippen molar-refractivity contribution in [3.8, 4) is 0 Å². The maximum Gasteiger partial charge on any atom is 0.380 e. The Bertz CT molecular complexity index is 4650. The summed E-state index contributed by atoms with van der Waals surface area (Å²) in [5.41, 5.74) is -43.7. The highest BCUT2D eigenvalue weighted by Gasteiger charge is 2.94. The Labute approximate surface area is 566 Å². The van der Waals surface area contributed by atoms with Crippen LogP contribution in [-0.4, -0.2) is 124 Å². The van der Waals surface area contributed by atoms with Crippen LogP contribution in [0.25, 0.3) is 0 Å². The Morgan fingerprint density at radius 2 is 0.290 bits per heavy atom. The number of rotatable bonds is 0. The summed E-state index contributed by atoms with van der Waals surface area (Å²) in [5, 5.41) is 0. The van der Waals surface area contributed by atoms with Gasteiger partial charge in [-0.15, -0.1) is 0 Å². The summed E-state index contributed by atoms with van der Waals surface area (Å²) in [7, 11) is 0. The van der Waals surface area contributed by atoms with E-state index in [1.807, 2.05) is 27.7 Å². The van der Waals surface area contributed by atoms with Crippen LogP contribution in [0.5, 0.6) is 0 Å². The number of hydrogen-bond donors (Lipinski definition) is 0. The fourth-order valence-corrected chi connectivity index (χ4v) is 16.2. The summed E-state index contributed by atoms with van der Waals surface area (Å²) in [4.78, 5) is 0. The lowest BCUT2D eigenvalue weighted by molar-refractivity contribution is -0.266. The van der Waals surface area contributed by atoms with Gasteiger partial charge in [0.15, 0.2) is 0 Å². The van der Waals surface area contributed by atoms with Gasteiger partial charge in [-0.05, 0) is 96.0 Å². The number of hydrogen-bond acceptors (Lipinski definition) is 0. The first-order valence-corrected chi connectivity index (χ1v) is 30.9. The average Bonchev–Trinajstić information content (AvgIpc) is 1.55. The van der Waals surface area contributed by atoms with Crippen LogP contribution in [0.15, 0.2) is 179 Å². The molecule has 0 saturated heterocycles. The summed E-state index contributed by atoms with van der Waals surface area (Å²) in [6.45, 7) is 8.00. The van der Waals surface area contributed by atoms with Crippen molar-refractivity contribution >= 4 is 0 Å². The standard InChI is InChI=1S/C16F16.C16H16.C15F14.C14H2F12.2C2H6/c17-9(18)1-2(9)4-8(15(29,30)16(31,32)14(4,27)28)7-6(12(23,24)13(7,25)26)5-3(1)10(19,20)11(5,21)22;1-2-10-9(1)11-3-4-13(11)15-7-8-16(15)14-6-5-12(10)14;16-9(17)1-2(9)4-6(13(24,25)11(4,20)21)8-7(14(26,27)15(8,28)29)5-3(1)10(18,19)12(5,22)23;15-9(16)3-1-2-4-6(11(19,20)10(4,17)18)8-7(5(3)9)12(21,22)14(25,26)13(8,23)24;2*1-2/h;1-8H2;;1-2H;2*1-2H3. The minimum atomic E-state index is -6.77. The molecule has 0 aromatic heterocycles. The minimum Gasteiger partial charge on any atom is -0.196 e. The molecular weight excluding hydrogens is 1580 g/mol. The Hall–Kier alpha value is -7.10. The van der Waals surface area contributed by atoms with Crippen LogP contribution in [-0.2, 0) is 0 Å². The molecule has 0 aromatic carbocycles. The molecular formula is C65H30F42. The third-order valence-corrected chi connectivity index (χ3v) is 21.8. The van der Waals surface area contributed by atoms with Gasteiger partial charge in [0.05, 0.1) is 0 Å². The van der Waals surface area contributed by atoms with Gasteiger partial charge in [-0.1, -0.05) is 39.8 Å². The van der Waals surface area contributed by atoms with Crippen LogP contribution in [0, 0.1) is 0 Å². The molecule has 584 valence electrons. The average molecular weight is 1610 g/mol. The van der Waals surface area contributed by atoms with Crippen molar-refractivity contribution in [2.75, 3.05) is 0 Å². The van der Waals surface area contributed by atoms with Crippen LogP contribution >= 0.6 is 0 Å². The molecule has 0 saturated carbocycles. The highest BCUT2D eigenvalue weighted by Crippen LogP contribution is 2.83. The largest absolute Gasteiger partial charge is 0.380 e. The lowest BCUT2D eigenvalue weighted by atomic mass is 9.59. The Balaban J connectivity index is 0.000000120. The second-order valence-corrected chi connectivity index (χ2v) is 26.6. The quantitative estimate of drug-likeness (QED) is 0.212. The van der Waals surface area contributed by atoms with Crippen LogP contribution in [0.3, 0.4) is 0 Å². The van der Waals surface area contributed by atoms with E-state index in [9.17, 15) is 184 Å². The number of halogens is 42. The first-order chi connectivity index (χ1) is 48.1. The number of alkyl halides is 42. The van der Waals surface area contributed by atoms with E-state index in [0.29, 0.717) is 0 Å². The lowest BCUT2D eigenvalue weighted by Crippen LogP contribution is -2.66. The maximum absolute atomic E-state index is 14.2. The van der Waals surface area contributed by atoms with Gasteiger partial charge < -0.3 is 0 Å². The number of fused-ring (bicyclic) bond motifs is 14. The zero-order valence-electron chi connectivity index (χ0n) is 52.2. The molecule has 0 atom stereocenters. The van der Waals surface area contributed by atoms with E-state index < -0.39 is 247 Å². The molecule has 0 aromatic rings. The topological polar surface area (TPSA) is 0 Å². The Morgan fingerprint density at radius 3 is 0.486 bits per heavy atom. The fraction of sp³-hybridized carbons (Fsp3) is 0.508. The first-order valence-electron chi connectivity index (χ1n) is 30.9. The minimum absolute atomic E-state index is 0.0578. The van der Waals surface area contributed by atoms with E-state index in [1.165, 1.54) is 51.4 Å². The van der Waals surface area contributed by atoms with Crippen LogP contribution in [0.2, 0.25) is 0 Å². The van der Waals surface area contributed by atoms with E-state index >= 15 is 0 Å². The predicted molar refractivity (Wildman–Crippen MR) is 278 cm³/mol. The predicted octanol–water partition coefficient (Wildman–Crippen LogP) is 23.7. The molecule has 19 aliphatic carbocycles. The molecule has 0 aliphatic heterocycles. The molecule has 0 spiro atoms. The van der Waals surface area contributed by atoms with Gasteiger partial charge in [0.1, 0.15) is 0 Å². The molecule has 0 bridgehead atoms. The summed E-state index contributed by atoms with van der Waals surface area (Å²) >= 11 is 0. The third kappa shape index (κ3) is 7.59. The van der Waals surface area contributed by atoms with Gasteiger partial charge in [0.25, 0.3) is 17.8 Å². The van der Waals surface area contributed by atoms with E-state index in [-0.39, 0.29) is 12.2 Å². The molecule has 0 N–H and O–H groups in total. The Kier molecular flexibility index (Phi) is 14.2. The second-order valence-electron chi connectivity index (χ2n) is 26.6. The Morgan fingerprint density at radius 1 is 0.150 bits per heavy atom. The second kappa shape index (κ2) is 19.8. The van der Waals surface area contributed by atoms with Gasteiger partial charge >= 0.3 is 107 Å². The highest BCUT2D eigenvalue weighted by molar-refractivity contribution is 5.89. The van der Waals surface area contributed by atoms with E-state index in [2.05, 4.69) is 0 Å². The molecule has 0 nitrogen and oxygen atoms in total. The van der Waals surface area contributed by atoms with Crippen LogP contribution in [0.1, 0.15) is 79.1 Å². The zero-order chi connectivity index (χ0) is 80.9. The van der Waals surface area contributed by atoms with Gasteiger partial charge in [0, 0.05) is 123 Å². The van der Waals surface area contributed by atoms with Crippen molar-refractivity contribution in [3.63, 3.8) is 0 Å². The van der Waals surface area contributed by atoms with Crippen molar-refractivity contribution < 1.29 is 184 Å². The van der Waals surface area contributed by atoms with Crippen molar-refractivity contribution in [1.82, 2.24) is 0 Å². The molecule has 0 amide bonds. The van der Waals surface area contributed by atoms with E-state index in [0.717, 1.165) is 0 Å². The molecule has 0 fully saturated rings. The van der Waals surface area contributed by atoms with Gasteiger partial charge in [-0.2, -0.15) is 184 Å². The SMILES string of the molecule is C1CC2=C1C1=C(CC1)C1=C(CC1)C1=C2CC1.CC.CC.FC1(F)C2=C1C1=C(C3=C(C4=C2C(F)(F)C4(F)F)C(F)(F)C3(F)F)C(F)(F)C(F)(F)C1(F)F.FC1(F)C2=C1C1=C(C3=C(C4=C2C(F)(F)C4(F)F)C(F)(F)C3(F)F)C(F)(F)C1(F)F.FC1(F)C2=C1C1=C(C3=C(C=C2)C(F)(F)C3(F)F)C(F)(F)C(F)(F)C1(F)F. The van der Waals surface area contributed by atoms with Gasteiger partial charge in [0.2, 0.25) is 0 Å². The summed E-state index contributed by atoms with van der Waals surface area (Å²) < 4.78 is 582. The molecule has 0 radical (unpaired) electrons. The molecule has 19 aliphatic rings. The van der Waals surface area contributed by atoms with Crippen LogP contribution < -0.4 is 0 Å². The number of allylic oxidation sites excluding steroid dienone is 32. The summed E-state index contributed by atoms with van der Waals surface area (Å²) in [6, 6.07) is 0. The first kappa shape index (κ1) is 76.7. The third-order valence-electron chi connectivity index (χ3n) is 21.8. The van der Waals surface area contributed by atoms with E-state index in [1.54, 1.807) is 44.6 Å². The van der Waals surface area contributed by atoms with E-state index in [4.69, 9.17) is 0 Å². The molecule has 42 heteroatoms. The maximum atomic E-state index is 14.2. The highest BCUT2D eigenvalue weighted by atomic mass is 19.4. The van der Waals surface area contributed by atoms with Crippen LogP contribution in [0.4, 0.5) is 184 Å². The molecule has 107 heavy (non-hydrogen) atoms. The van der Waals surface area contributed by atoms with Crippen molar-refractivity contribution in [1.29, 1.82) is 0 Å². The summed E-state index contributed by atoms with van der Waals surface area (Å²) in [6.07, 6.45) is 11.0. The zero-order valence-corrected chi connectivity index (χ0v) is 52.2. The fourth-order valence-electron chi connectivity index (χ4n) is 16.2. The normalized spacial score (nSPS) is 32.3. The molecule has 19 rings (SSSR count). The lowest BCUT2D eigenvalue weighted by Gasteiger charge is -2.53. The van der Waals surface area contributed by atoms with Crippen molar-refractivity contribution in [2.24, 2.45) is 0 Å². The van der Waals surface area contributed by atoms with Crippen molar-refractivity contribution in [3.05, 3.63) is 179 Å². The smallest absolute Gasteiger partial charge is 0.196 e. The summed E-state index contributed by atoms with van der Waals surface area (Å²) in [5.74, 6) is -121.